The Morgan fingerprint density at radius 2 is 1.90 bits per heavy atom. The van der Waals surface area contributed by atoms with E-state index in [-0.39, 0.29) is 12.5 Å². The number of nitrogens with two attached hydrogens (primary N) is 1. The second-order valence-corrected chi connectivity index (χ2v) is 4.96. The number of hydrogen-bond donors (Lipinski definition) is 2. The zero-order chi connectivity index (χ0) is 15.7. The largest absolute Gasteiger partial charge is 0.399 e. The maximum Gasteiger partial charge on any atom is 0.238 e. The average Bonchev–Trinajstić information content (AvgIpc) is 2.45. The summed E-state index contributed by atoms with van der Waals surface area (Å²) in [5.74, 6) is -0.158. The fraction of sp³-hybridized carbons (Fsp3) is 0.500. The molecule has 0 aromatic heterocycles. The first-order valence-corrected chi connectivity index (χ1v) is 6.99. The van der Waals surface area contributed by atoms with Crippen molar-refractivity contribution in [3.05, 3.63) is 23.2 Å². The number of hydrogen-bond acceptors (Lipinski definition) is 5. The average molecular weight is 316 g/mol. The number of amides is 1. The molecule has 0 saturated heterocycles. The molecule has 118 valence electrons. The molecule has 0 aliphatic carbocycles. The Labute approximate surface area is 130 Å². The third-order valence-corrected chi connectivity index (χ3v) is 3.18. The molecule has 0 aliphatic heterocycles. The fourth-order valence-corrected chi connectivity index (χ4v) is 1.91. The van der Waals surface area contributed by atoms with Gasteiger partial charge in [-0.05, 0) is 18.2 Å². The van der Waals surface area contributed by atoms with Crippen molar-refractivity contribution in [3.8, 4) is 0 Å². The predicted molar refractivity (Wildman–Crippen MR) is 84.7 cm³/mol. The van der Waals surface area contributed by atoms with E-state index >= 15 is 0 Å². The number of rotatable bonds is 9. The van der Waals surface area contributed by atoms with Crippen LogP contribution in [0.3, 0.4) is 0 Å². The zero-order valence-electron chi connectivity index (χ0n) is 12.4. The molecule has 1 rings (SSSR count). The van der Waals surface area contributed by atoms with Crippen molar-refractivity contribution in [3.63, 3.8) is 0 Å². The highest BCUT2D eigenvalue weighted by Gasteiger charge is 2.12. The van der Waals surface area contributed by atoms with Crippen LogP contribution >= 0.6 is 11.6 Å². The number of carbonyl (C=O) groups is 1. The van der Waals surface area contributed by atoms with Gasteiger partial charge >= 0.3 is 0 Å². The standard InChI is InChI=1S/C14H22ClN3O3/c1-20-7-5-18(6-8-21-2)10-14(19)17-13-9-11(16)3-4-12(13)15/h3-4,9H,5-8,10,16H2,1-2H3,(H,17,19). The van der Waals surface area contributed by atoms with Crippen molar-refractivity contribution in [1.29, 1.82) is 0 Å². The molecule has 0 fully saturated rings. The molecule has 21 heavy (non-hydrogen) atoms. The highest BCUT2D eigenvalue weighted by Crippen LogP contribution is 2.23. The Morgan fingerprint density at radius 1 is 1.29 bits per heavy atom. The summed E-state index contributed by atoms with van der Waals surface area (Å²) >= 11 is 6.02. The molecule has 0 unspecified atom stereocenters. The van der Waals surface area contributed by atoms with Gasteiger partial charge in [0, 0.05) is 33.0 Å². The highest BCUT2D eigenvalue weighted by molar-refractivity contribution is 6.33. The Hall–Kier alpha value is -1.34. The number of benzene rings is 1. The summed E-state index contributed by atoms with van der Waals surface area (Å²) in [6.45, 7) is 2.64. The van der Waals surface area contributed by atoms with Gasteiger partial charge in [-0.1, -0.05) is 11.6 Å². The number of nitrogen functional groups attached to an aromatic ring is 1. The molecular weight excluding hydrogens is 294 g/mol. The molecule has 0 saturated carbocycles. The monoisotopic (exact) mass is 315 g/mol. The van der Waals surface area contributed by atoms with Gasteiger partial charge in [0.25, 0.3) is 0 Å². The van der Waals surface area contributed by atoms with Gasteiger partial charge in [0.2, 0.25) is 5.91 Å². The van der Waals surface area contributed by atoms with E-state index in [0.717, 1.165) is 0 Å². The molecule has 0 heterocycles. The molecular formula is C14H22ClN3O3. The van der Waals surface area contributed by atoms with E-state index in [9.17, 15) is 4.79 Å². The first kappa shape index (κ1) is 17.7. The van der Waals surface area contributed by atoms with Crippen LogP contribution in [0.4, 0.5) is 11.4 Å². The number of nitrogens with one attached hydrogen (secondary N) is 1. The lowest BCUT2D eigenvalue weighted by molar-refractivity contribution is -0.117. The number of methoxy groups -OCH3 is 2. The number of nitrogens with zero attached hydrogens (tertiary/aromatic N) is 1. The molecule has 1 aromatic rings. The summed E-state index contributed by atoms with van der Waals surface area (Å²) in [4.78, 5) is 14.0. The van der Waals surface area contributed by atoms with Crippen molar-refractivity contribution in [2.45, 2.75) is 0 Å². The van der Waals surface area contributed by atoms with E-state index in [4.69, 9.17) is 26.8 Å². The number of anilines is 2. The topological polar surface area (TPSA) is 76.8 Å². The van der Waals surface area contributed by atoms with E-state index in [0.29, 0.717) is 42.7 Å². The fourth-order valence-electron chi connectivity index (χ4n) is 1.74. The molecule has 0 radical (unpaired) electrons. The minimum atomic E-state index is -0.158. The number of carbonyl (C=O) groups excluding carboxylic acids is 1. The lowest BCUT2D eigenvalue weighted by atomic mass is 10.3. The second kappa shape index (κ2) is 9.57. The smallest absolute Gasteiger partial charge is 0.238 e. The molecule has 7 heteroatoms. The summed E-state index contributed by atoms with van der Waals surface area (Å²) in [6.07, 6.45) is 0. The van der Waals surface area contributed by atoms with Gasteiger partial charge in [-0.15, -0.1) is 0 Å². The summed E-state index contributed by atoms with van der Waals surface area (Å²) < 4.78 is 10.1. The van der Waals surface area contributed by atoms with Crippen molar-refractivity contribution in [1.82, 2.24) is 4.90 Å². The Kier molecular flexibility index (Phi) is 8.07. The molecule has 1 amide bonds. The van der Waals surface area contributed by atoms with Crippen LogP contribution in [0.15, 0.2) is 18.2 Å². The summed E-state index contributed by atoms with van der Waals surface area (Å²) in [5.41, 5.74) is 6.74. The molecule has 6 nitrogen and oxygen atoms in total. The summed E-state index contributed by atoms with van der Waals surface area (Å²) in [5, 5.41) is 3.22. The lowest BCUT2D eigenvalue weighted by Gasteiger charge is -2.21. The van der Waals surface area contributed by atoms with E-state index in [1.807, 2.05) is 4.90 Å². The van der Waals surface area contributed by atoms with Crippen molar-refractivity contribution in [2.75, 3.05) is 58.1 Å². The Morgan fingerprint density at radius 3 is 2.48 bits per heavy atom. The maximum atomic E-state index is 12.1. The van der Waals surface area contributed by atoms with Crippen LogP contribution in [0.25, 0.3) is 0 Å². The van der Waals surface area contributed by atoms with E-state index in [2.05, 4.69) is 5.32 Å². The molecule has 0 spiro atoms. The number of ether oxygens (including phenoxy) is 2. The Balaban J connectivity index is 2.57. The summed E-state index contributed by atoms with van der Waals surface area (Å²) in [7, 11) is 3.25. The second-order valence-electron chi connectivity index (χ2n) is 4.55. The van der Waals surface area contributed by atoms with Gasteiger partial charge in [0.05, 0.1) is 30.5 Å². The van der Waals surface area contributed by atoms with Gasteiger partial charge in [0.15, 0.2) is 0 Å². The normalized spacial score (nSPS) is 10.9. The maximum absolute atomic E-state index is 12.1. The minimum Gasteiger partial charge on any atom is -0.399 e. The SMILES string of the molecule is COCCN(CCOC)CC(=O)Nc1cc(N)ccc1Cl. The molecule has 0 bridgehead atoms. The van der Waals surface area contributed by atoms with Crippen LogP contribution < -0.4 is 11.1 Å². The van der Waals surface area contributed by atoms with Crippen molar-refractivity contribution >= 4 is 28.9 Å². The van der Waals surface area contributed by atoms with Gasteiger partial charge in [-0.25, -0.2) is 0 Å². The van der Waals surface area contributed by atoms with E-state index < -0.39 is 0 Å². The van der Waals surface area contributed by atoms with Crippen LogP contribution in [-0.4, -0.2) is 57.9 Å². The molecule has 0 aliphatic rings. The lowest BCUT2D eigenvalue weighted by Crippen LogP contribution is -2.37. The van der Waals surface area contributed by atoms with Crippen molar-refractivity contribution < 1.29 is 14.3 Å². The first-order valence-electron chi connectivity index (χ1n) is 6.62. The molecule has 0 atom stereocenters. The third kappa shape index (κ3) is 6.77. The quantitative estimate of drug-likeness (QED) is 0.675. The zero-order valence-corrected chi connectivity index (χ0v) is 13.2. The number of halogens is 1. The van der Waals surface area contributed by atoms with Gasteiger partial charge in [0.1, 0.15) is 0 Å². The van der Waals surface area contributed by atoms with Crippen LogP contribution in [0.2, 0.25) is 5.02 Å². The molecule has 3 N–H and O–H groups in total. The Bertz CT molecular complexity index is 449. The van der Waals surface area contributed by atoms with Gasteiger partial charge in [-0.2, -0.15) is 0 Å². The molecule has 1 aromatic carbocycles. The van der Waals surface area contributed by atoms with Crippen LogP contribution in [-0.2, 0) is 14.3 Å². The minimum absolute atomic E-state index is 0.158. The first-order chi connectivity index (χ1) is 10.1. The van der Waals surface area contributed by atoms with Crippen LogP contribution in [0.5, 0.6) is 0 Å². The van der Waals surface area contributed by atoms with Crippen LogP contribution in [0, 0.1) is 0 Å². The van der Waals surface area contributed by atoms with Crippen molar-refractivity contribution in [2.24, 2.45) is 0 Å². The van der Waals surface area contributed by atoms with Crippen LogP contribution in [0.1, 0.15) is 0 Å². The van der Waals surface area contributed by atoms with Gasteiger partial charge < -0.3 is 20.5 Å². The highest BCUT2D eigenvalue weighted by atomic mass is 35.5. The van der Waals surface area contributed by atoms with E-state index in [1.165, 1.54) is 0 Å². The predicted octanol–water partition coefficient (Wildman–Crippen LogP) is 1.46. The summed E-state index contributed by atoms with van der Waals surface area (Å²) in [6, 6.07) is 4.97. The van der Waals surface area contributed by atoms with E-state index in [1.54, 1.807) is 32.4 Å². The van der Waals surface area contributed by atoms with Gasteiger partial charge in [-0.3, -0.25) is 9.69 Å². The third-order valence-electron chi connectivity index (χ3n) is 2.85.